The maximum Gasteiger partial charge on any atom is 0.224 e. The van der Waals surface area contributed by atoms with E-state index < -0.39 is 0 Å². The summed E-state index contributed by atoms with van der Waals surface area (Å²) in [5.74, 6) is -0.938. The predicted molar refractivity (Wildman–Crippen MR) is 95.8 cm³/mol. The van der Waals surface area contributed by atoms with Crippen LogP contribution in [0.2, 0.25) is 0 Å². The Morgan fingerprint density at radius 2 is 1.80 bits per heavy atom. The number of piperidine rings is 1. The van der Waals surface area contributed by atoms with E-state index in [1.165, 1.54) is 24.6 Å². The topological polar surface area (TPSA) is 32.3 Å². The van der Waals surface area contributed by atoms with E-state index in [-0.39, 0.29) is 24.0 Å². The molecule has 25 heavy (non-hydrogen) atoms. The third-order valence-electron chi connectivity index (χ3n) is 4.51. The number of amides is 1. The highest BCUT2D eigenvalue weighted by Crippen LogP contribution is 2.29. The van der Waals surface area contributed by atoms with Gasteiger partial charge in [-0.1, -0.05) is 18.2 Å². The molecule has 1 N–H and O–H groups in total. The molecule has 0 aliphatic carbocycles. The molecule has 0 atom stereocenters. The van der Waals surface area contributed by atoms with E-state index >= 15 is 0 Å². The Morgan fingerprint density at radius 1 is 1.04 bits per heavy atom. The Bertz CT molecular complexity index is 742. The summed E-state index contributed by atoms with van der Waals surface area (Å²) in [6.45, 7) is 1.81. The standard InChI is InChI=1S/C20H22F2N2O/c21-16-9-10-19(24-12-4-1-5-13-24)18(14-16)23-20(25)11-8-15-6-2-3-7-17(15)22/h2-3,6-7,9-10,14H,1,4-5,8,11-13H2,(H,23,25). The second-order valence-corrected chi connectivity index (χ2v) is 6.35. The summed E-state index contributed by atoms with van der Waals surface area (Å²) in [6, 6.07) is 10.9. The maximum atomic E-state index is 13.6. The lowest BCUT2D eigenvalue weighted by Crippen LogP contribution is -2.30. The van der Waals surface area contributed by atoms with Gasteiger partial charge in [-0.2, -0.15) is 0 Å². The van der Waals surface area contributed by atoms with E-state index in [2.05, 4.69) is 10.2 Å². The fourth-order valence-corrected chi connectivity index (χ4v) is 3.18. The van der Waals surface area contributed by atoms with Gasteiger partial charge < -0.3 is 10.2 Å². The SMILES string of the molecule is O=C(CCc1ccccc1F)Nc1cc(F)ccc1N1CCCCC1. The van der Waals surface area contributed by atoms with Crippen molar-refractivity contribution in [1.82, 2.24) is 0 Å². The van der Waals surface area contributed by atoms with Crippen molar-refractivity contribution < 1.29 is 13.6 Å². The minimum atomic E-state index is -0.384. The number of nitrogens with zero attached hydrogens (tertiary/aromatic N) is 1. The Hall–Kier alpha value is -2.43. The molecule has 2 aromatic carbocycles. The molecule has 0 aromatic heterocycles. The van der Waals surface area contributed by atoms with Gasteiger partial charge in [0.25, 0.3) is 0 Å². The maximum absolute atomic E-state index is 13.6. The van der Waals surface area contributed by atoms with Crippen molar-refractivity contribution >= 4 is 17.3 Å². The van der Waals surface area contributed by atoms with Crippen molar-refractivity contribution in [1.29, 1.82) is 0 Å². The minimum Gasteiger partial charge on any atom is -0.370 e. The predicted octanol–water partition coefficient (Wildman–Crippen LogP) is 4.53. The Balaban J connectivity index is 1.68. The third kappa shape index (κ3) is 4.56. The molecule has 1 aliphatic rings. The molecule has 1 aliphatic heterocycles. The molecule has 0 spiro atoms. The molecular weight excluding hydrogens is 322 g/mol. The van der Waals surface area contributed by atoms with Crippen LogP contribution < -0.4 is 10.2 Å². The molecule has 0 saturated carbocycles. The number of carbonyl (C=O) groups is 1. The Kier molecular flexibility index (Phi) is 5.64. The summed E-state index contributed by atoms with van der Waals surface area (Å²) < 4.78 is 27.3. The highest BCUT2D eigenvalue weighted by Gasteiger charge is 2.16. The van der Waals surface area contributed by atoms with Crippen molar-refractivity contribution in [3.05, 3.63) is 59.7 Å². The van der Waals surface area contributed by atoms with Crippen LogP contribution in [0, 0.1) is 11.6 Å². The van der Waals surface area contributed by atoms with Gasteiger partial charge in [-0.15, -0.1) is 0 Å². The van der Waals surface area contributed by atoms with Crippen molar-refractivity contribution in [3.8, 4) is 0 Å². The average Bonchev–Trinajstić information content (AvgIpc) is 2.62. The van der Waals surface area contributed by atoms with E-state index in [4.69, 9.17) is 0 Å². The molecule has 0 radical (unpaired) electrons. The van der Waals surface area contributed by atoms with E-state index in [9.17, 15) is 13.6 Å². The summed E-state index contributed by atoms with van der Waals surface area (Å²) in [4.78, 5) is 14.4. The van der Waals surface area contributed by atoms with Gasteiger partial charge >= 0.3 is 0 Å². The highest BCUT2D eigenvalue weighted by molar-refractivity contribution is 5.94. The third-order valence-corrected chi connectivity index (χ3v) is 4.51. The summed E-state index contributed by atoms with van der Waals surface area (Å²) in [5.41, 5.74) is 1.84. The van der Waals surface area contributed by atoms with E-state index in [1.54, 1.807) is 24.3 Å². The van der Waals surface area contributed by atoms with Gasteiger partial charge in [0.1, 0.15) is 11.6 Å². The number of nitrogens with one attached hydrogen (secondary N) is 1. The van der Waals surface area contributed by atoms with Gasteiger partial charge in [-0.25, -0.2) is 8.78 Å². The fraction of sp³-hybridized carbons (Fsp3) is 0.350. The van der Waals surface area contributed by atoms with Gasteiger partial charge in [0.2, 0.25) is 5.91 Å². The first kappa shape index (κ1) is 17.4. The number of rotatable bonds is 5. The van der Waals surface area contributed by atoms with Crippen molar-refractivity contribution in [2.75, 3.05) is 23.3 Å². The molecular formula is C20H22F2N2O. The fourth-order valence-electron chi connectivity index (χ4n) is 3.18. The summed E-state index contributed by atoms with van der Waals surface area (Å²) >= 11 is 0. The molecule has 1 fully saturated rings. The normalized spacial score (nSPS) is 14.4. The highest BCUT2D eigenvalue weighted by atomic mass is 19.1. The Morgan fingerprint density at radius 3 is 2.56 bits per heavy atom. The van der Waals surface area contributed by atoms with Gasteiger partial charge in [0, 0.05) is 19.5 Å². The van der Waals surface area contributed by atoms with Crippen molar-refractivity contribution in [2.24, 2.45) is 0 Å². The van der Waals surface area contributed by atoms with Crippen LogP contribution >= 0.6 is 0 Å². The molecule has 1 amide bonds. The number of halogens is 2. The number of benzene rings is 2. The largest absolute Gasteiger partial charge is 0.370 e. The average molecular weight is 344 g/mol. The smallest absolute Gasteiger partial charge is 0.224 e. The molecule has 132 valence electrons. The van der Waals surface area contributed by atoms with Crippen LogP contribution in [-0.2, 0) is 11.2 Å². The summed E-state index contributed by atoms with van der Waals surface area (Å²) in [5, 5.41) is 2.80. The monoisotopic (exact) mass is 344 g/mol. The minimum absolute atomic E-state index is 0.150. The lowest BCUT2D eigenvalue weighted by molar-refractivity contribution is -0.116. The molecule has 1 heterocycles. The van der Waals surface area contributed by atoms with Crippen LogP contribution in [-0.4, -0.2) is 19.0 Å². The second kappa shape index (κ2) is 8.10. The van der Waals surface area contributed by atoms with Crippen molar-refractivity contribution in [3.63, 3.8) is 0 Å². The molecule has 0 unspecified atom stereocenters. The van der Waals surface area contributed by atoms with Gasteiger partial charge in [-0.3, -0.25) is 4.79 Å². The van der Waals surface area contributed by atoms with Gasteiger partial charge in [0.15, 0.2) is 0 Å². The van der Waals surface area contributed by atoms with Crippen LogP contribution in [0.4, 0.5) is 20.2 Å². The van der Waals surface area contributed by atoms with Gasteiger partial charge in [0.05, 0.1) is 11.4 Å². The molecule has 0 bridgehead atoms. The van der Waals surface area contributed by atoms with Crippen LogP contribution in [0.15, 0.2) is 42.5 Å². The van der Waals surface area contributed by atoms with Gasteiger partial charge in [-0.05, 0) is 55.5 Å². The molecule has 3 nitrogen and oxygen atoms in total. The molecule has 2 aromatic rings. The zero-order valence-corrected chi connectivity index (χ0v) is 14.1. The zero-order chi connectivity index (χ0) is 17.6. The van der Waals surface area contributed by atoms with E-state index in [0.717, 1.165) is 31.6 Å². The first-order chi connectivity index (χ1) is 12.1. The molecule has 3 rings (SSSR count). The van der Waals surface area contributed by atoms with E-state index in [1.807, 2.05) is 0 Å². The number of hydrogen-bond donors (Lipinski definition) is 1. The first-order valence-electron chi connectivity index (χ1n) is 8.71. The van der Waals surface area contributed by atoms with Crippen LogP contribution in [0.25, 0.3) is 0 Å². The Labute approximate surface area is 146 Å². The molecule has 5 heteroatoms. The van der Waals surface area contributed by atoms with E-state index in [0.29, 0.717) is 17.7 Å². The zero-order valence-electron chi connectivity index (χ0n) is 14.1. The summed E-state index contributed by atoms with van der Waals surface area (Å²) in [7, 11) is 0. The molecule has 1 saturated heterocycles. The first-order valence-corrected chi connectivity index (χ1v) is 8.71. The number of anilines is 2. The lowest BCUT2D eigenvalue weighted by atomic mass is 10.1. The quantitative estimate of drug-likeness (QED) is 0.864. The van der Waals surface area contributed by atoms with Crippen LogP contribution in [0.1, 0.15) is 31.2 Å². The van der Waals surface area contributed by atoms with Crippen molar-refractivity contribution in [2.45, 2.75) is 32.1 Å². The second-order valence-electron chi connectivity index (χ2n) is 6.35. The number of carbonyl (C=O) groups excluding carboxylic acids is 1. The van der Waals surface area contributed by atoms with Crippen LogP contribution in [0.5, 0.6) is 0 Å². The number of hydrogen-bond acceptors (Lipinski definition) is 2. The lowest BCUT2D eigenvalue weighted by Gasteiger charge is -2.30. The number of aryl methyl sites for hydroxylation is 1. The summed E-state index contributed by atoms with van der Waals surface area (Å²) in [6.07, 6.45) is 3.85. The van der Waals surface area contributed by atoms with Crippen LogP contribution in [0.3, 0.4) is 0 Å².